The van der Waals surface area contributed by atoms with E-state index < -0.39 is 5.97 Å². The van der Waals surface area contributed by atoms with Gasteiger partial charge in [0.2, 0.25) is 0 Å². The molecular weight excluding hydrogens is 238 g/mol. The van der Waals surface area contributed by atoms with Gasteiger partial charge in [-0.1, -0.05) is 25.3 Å². The minimum absolute atomic E-state index is 0.406. The van der Waals surface area contributed by atoms with E-state index >= 15 is 0 Å². The normalized spacial score (nSPS) is 16.3. The molecular formula is C16H23NO2. The molecule has 0 aromatic heterocycles. The predicted molar refractivity (Wildman–Crippen MR) is 78.0 cm³/mol. The fourth-order valence-electron chi connectivity index (χ4n) is 2.99. The summed E-state index contributed by atoms with van der Waals surface area (Å²) in [4.78, 5) is 13.4. The minimum atomic E-state index is -0.842. The van der Waals surface area contributed by atoms with Crippen molar-refractivity contribution in [2.45, 2.75) is 39.0 Å². The van der Waals surface area contributed by atoms with E-state index in [1.54, 1.807) is 6.07 Å². The Bertz CT molecular complexity index is 450. The quantitative estimate of drug-likeness (QED) is 0.898. The maximum atomic E-state index is 11.3. The topological polar surface area (TPSA) is 40.5 Å². The van der Waals surface area contributed by atoms with Crippen molar-refractivity contribution in [3.8, 4) is 0 Å². The zero-order chi connectivity index (χ0) is 13.8. The third-order valence-corrected chi connectivity index (χ3v) is 4.05. The largest absolute Gasteiger partial charge is 0.478 e. The predicted octanol–water partition coefficient (Wildman–Crippen LogP) is 3.71. The van der Waals surface area contributed by atoms with E-state index in [0.717, 1.165) is 17.8 Å². The Morgan fingerprint density at radius 1 is 1.32 bits per heavy atom. The van der Waals surface area contributed by atoms with E-state index in [1.165, 1.54) is 32.1 Å². The molecule has 1 aliphatic carbocycles. The molecule has 104 valence electrons. The molecule has 0 spiro atoms. The van der Waals surface area contributed by atoms with Gasteiger partial charge in [-0.05, 0) is 43.4 Å². The summed E-state index contributed by atoms with van der Waals surface area (Å²) in [6.07, 6.45) is 6.54. The molecule has 0 amide bonds. The van der Waals surface area contributed by atoms with Gasteiger partial charge in [0.1, 0.15) is 0 Å². The summed E-state index contributed by atoms with van der Waals surface area (Å²) >= 11 is 0. The van der Waals surface area contributed by atoms with Crippen LogP contribution in [0.2, 0.25) is 0 Å². The Balaban J connectivity index is 2.14. The van der Waals surface area contributed by atoms with Crippen molar-refractivity contribution in [2.75, 3.05) is 18.5 Å². The second-order valence-electron chi connectivity index (χ2n) is 5.71. The molecule has 1 aromatic carbocycles. The van der Waals surface area contributed by atoms with E-state index in [-0.39, 0.29) is 0 Å². The van der Waals surface area contributed by atoms with E-state index in [1.807, 2.05) is 26.1 Å². The van der Waals surface area contributed by atoms with Crippen LogP contribution in [0.25, 0.3) is 0 Å². The van der Waals surface area contributed by atoms with Gasteiger partial charge >= 0.3 is 5.97 Å². The van der Waals surface area contributed by atoms with Crippen LogP contribution in [0.5, 0.6) is 0 Å². The number of anilines is 1. The van der Waals surface area contributed by atoms with Crippen LogP contribution in [0.4, 0.5) is 5.69 Å². The molecule has 3 nitrogen and oxygen atoms in total. The Morgan fingerprint density at radius 3 is 2.63 bits per heavy atom. The van der Waals surface area contributed by atoms with Crippen LogP contribution in [-0.4, -0.2) is 24.7 Å². The number of hydrogen-bond acceptors (Lipinski definition) is 2. The smallest absolute Gasteiger partial charge is 0.337 e. The summed E-state index contributed by atoms with van der Waals surface area (Å²) in [6.45, 7) is 2.97. The fourth-order valence-corrected chi connectivity index (χ4v) is 2.99. The lowest BCUT2D eigenvalue weighted by Crippen LogP contribution is -2.28. The van der Waals surface area contributed by atoms with Crippen molar-refractivity contribution >= 4 is 11.7 Å². The Morgan fingerprint density at radius 2 is 2.00 bits per heavy atom. The molecule has 1 aromatic rings. The second kappa shape index (κ2) is 6.09. The summed E-state index contributed by atoms with van der Waals surface area (Å²) in [5.74, 6) is -0.133. The number of carboxylic acid groups (broad SMARTS) is 1. The molecule has 0 unspecified atom stereocenters. The van der Waals surface area contributed by atoms with E-state index in [9.17, 15) is 9.90 Å². The highest BCUT2D eigenvalue weighted by atomic mass is 16.4. The van der Waals surface area contributed by atoms with Crippen LogP contribution < -0.4 is 4.90 Å². The highest BCUT2D eigenvalue weighted by Crippen LogP contribution is 2.27. The van der Waals surface area contributed by atoms with Crippen molar-refractivity contribution in [1.82, 2.24) is 0 Å². The maximum absolute atomic E-state index is 11.3. The summed E-state index contributed by atoms with van der Waals surface area (Å²) in [5.41, 5.74) is 2.36. The van der Waals surface area contributed by atoms with Crippen LogP contribution >= 0.6 is 0 Å². The van der Waals surface area contributed by atoms with Crippen LogP contribution in [0.15, 0.2) is 18.2 Å². The van der Waals surface area contributed by atoms with Gasteiger partial charge in [0.15, 0.2) is 0 Å². The van der Waals surface area contributed by atoms with Crippen molar-refractivity contribution in [3.63, 3.8) is 0 Å². The lowest BCUT2D eigenvalue weighted by atomic mass is 9.89. The molecule has 1 fully saturated rings. The lowest BCUT2D eigenvalue weighted by Gasteiger charge is -2.29. The highest BCUT2D eigenvalue weighted by Gasteiger charge is 2.19. The molecule has 2 rings (SSSR count). The van der Waals surface area contributed by atoms with Crippen molar-refractivity contribution in [2.24, 2.45) is 5.92 Å². The third kappa shape index (κ3) is 3.49. The number of aryl methyl sites for hydroxylation is 1. The first-order valence-electron chi connectivity index (χ1n) is 7.13. The highest BCUT2D eigenvalue weighted by molar-refractivity contribution is 5.94. The molecule has 1 aliphatic rings. The van der Waals surface area contributed by atoms with Crippen LogP contribution in [0.1, 0.15) is 48.0 Å². The summed E-state index contributed by atoms with van der Waals surface area (Å²) in [7, 11) is 2.01. The van der Waals surface area contributed by atoms with E-state index in [4.69, 9.17) is 0 Å². The van der Waals surface area contributed by atoms with Crippen LogP contribution in [0, 0.1) is 12.8 Å². The number of benzene rings is 1. The summed E-state index contributed by atoms with van der Waals surface area (Å²) in [5, 5.41) is 9.28. The first kappa shape index (κ1) is 13.9. The van der Waals surface area contributed by atoms with Crippen molar-refractivity contribution in [1.29, 1.82) is 0 Å². The van der Waals surface area contributed by atoms with Gasteiger partial charge in [-0.25, -0.2) is 4.79 Å². The second-order valence-corrected chi connectivity index (χ2v) is 5.71. The molecule has 1 saturated carbocycles. The van der Waals surface area contributed by atoms with Crippen molar-refractivity contribution < 1.29 is 9.90 Å². The SMILES string of the molecule is Cc1ccc(C(=O)O)c(N(C)CC2CCCCC2)c1. The molecule has 19 heavy (non-hydrogen) atoms. The van der Waals surface area contributed by atoms with Gasteiger partial charge < -0.3 is 10.0 Å². The number of nitrogens with zero attached hydrogens (tertiary/aromatic N) is 1. The average Bonchev–Trinajstić information content (AvgIpc) is 2.39. The number of hydrogen-bond donors (Lipinski definition) is 1. The summed E-state index contributed by atoms with van der Waals surface area (Å²) < 4.78 is 0. The Hall–Kier alpha value is -1.51. The lowest BCUT2D eigenvalue weighted by molar-refractivity contribution is 0.0697. The molecule has 0 saturated heterocycles. The van der Waals surface area contributed by atoms with Gasteiger partial charge in [-0.2, -0.15) is 0 Å². The molecule has 0 atom stereocenters. The number of carboxylic acids is 1. The summed E-state index contributed by atoms with van der Waals surface area (Å²) in [6, 6.07) is 5.55. The van der Waals surface area contributed by atoms with E-state index in [0.29, 0.717) is 11.5 Å². The monoisotopic (exact) mass is 261 g/mol. The number of carbonyl (C=O) groups is 1. The van der Waals surface area contributed by atoms with Gasteiger partial charge in [0, 0.05) is 13.6 Å². The maximum Gasteiger partial charge on any atom is 0.337 e. The molecule has 0 aliphatic heterocycles. The average molecular weight is 261 g/mol. The molecule has 3 heteroatoms. The Labute approximate surface area is 115 Å². The number of rotatable bonds is 4. The van der Waals surface area contributed by atoms with Gasteiger partial charge in [0.05, 0.1) is 11.3 Å². The van der Waals surface area contributed by atoms with E-state index in [2.05, 4.69) is 4.90 Å². The first-order valence-corrected chi connectivity index (χ1v) is 7.13. The molecule has 1 N–H and O–H groups in total. The molecule has 0 heterocycles. The first-order chi connectivity index (χ1) is 9.08. The fraction of sp³-hybridized carbons (Fsp3) is 0.562. The molecule has 0 bridgehead atoms. The van der Waals surface area contributed by atoms with Gasteiger partial charge in [0.25, 0.3) is 0 Å². The number of aromatic carboxylic acids is 1. The zero-order valence-corrected chi connectivity index (χ0v) is 11.9. The molecule has 0 radical (unpaired) electrons. The van der Waals surface area contributed by atoms with Crippen LogP contribution in [0.3, 0.4) is 0 Å². The van der Waals surface area contributed by atoms with Gasteiger partial charge in [-0.3, -0.25) is 0 Å². The zero-order valence-electron chi connectivity index (χ0n) is 11.9. The third-order valence-electron chi connectivity index (χ3n) is 4.05. The van der Waals surface area contributed by atoms with Crippen LogP contribution in [-0.2, 0) is 0 Å². The minimum Gasteiger partial charge on any atom is -0.478 e. The Kier molecular flexibility index (Phi) is 4.46. The van der Waals surface area contributed by atoms with Crippen molar-refractivity contribution in [3.05, 3.63) is 29.3 Å². The van der Waals surface area contributed by atoms with Gasteiger partial charge in [-0.15, -0.1) is 0 Å². The standard InChI is InChI=1S/C16H23NO2/c1-12-8-9-14(16(18)19)15(10-12)17(2)11-13-6-4-3-5-7-13/h8-10,13H,3-7,11H2,1-2H3,(H,18,19).